The van der Waals surface area contributed by atoms with Crippen LogP contribution in [0, 0.1) is 0 Å². The van der Waals surface area contributed by atoms with Gasteiger partial charge in [0, 0.05) is 30.0 Å². The normalized spacial score (nSPS) is 30.9. The molecule has 5 rings (SSSR count). The second kappa shape index (κ2) is 9.09. The average molecular weight is 517 g/mol. The van der Waals surface area contributed by atoms with Crippen LogP contribution in [-0.2, 0) is 42.3 Å². The van der Waals surface area contributed by atoms with Crippen molar-refractivity contribution >= 4 is 17.9 Å². The number of likely N-dealkylation sites (N-methyl/N-ethyl adjacent to an activating group) is 1. The third kappa shape index (κ3) is 3.75. The molecule has 1 saturated heterocycles. The van der Waals surface area contributed by atoms with Crippen LogP contribution in [0.5, 0.6) is 5.75 Å². The zero-order chi connectivity index (χ0) is 26.7. The maximum atomic E-state index is 12.9. The molecule has 2 aliphatic heterocycles. The predicted molar refractivity (Wildman–Crippen MR) is 127 cm³/mol. The topological polar surface area (TPSA) is 169 Å². The SMILES string of the molecule is C[C@H](OC(=O)CC[C@H](N)C(=O)O)C(=O)OC1=CC[C@@]2(O)[C@H]3Cc4ccc(CO)c5c4[C@@]2(CCN3C)[C@H]1O5. The summed E-state index contributed by atoms with van der Waals surface area (Å²) in [6.07, 6.45) is 0.700. The number of likely N-dealkylation sites (tertiary alicyclic amines) is 1. The zero-order valence-electron chi connectivity index (χ0n) is 20.8. The van der Waals surface area contributed by atoms with Gasteiger partial charge in [0.05, 0.1) is 17.6 Å². The molecule has 6 atom stereocenters. The first kappa shape index (κ1) is 25.7. The highest BCUT2D eigenvalue weighted by molar-refractivity contribution is 5.80. The number of nitrogens with two attached hydrogens (primary N) is 1. The van der Waals surface area contributed by atoms with Gasteiger partial charge in [0.25, 0.3) is 0 Å². The van der Waals surface area contributed by atoms with Crippen molar-refractivity contribution in [3.63, 3.8) is 0 Å². The molecule has 2 heterocycles. The summed E-state index contributed by atoms with van der Waals surface area (Å²) >= 11 is 0. The highest BCUT2D eigenvalue weighted by Gasteiger charge is 2.71. The third-order valence-electron chi connectivity index (χ3n) is 8.46. The van der Waals surface area contributed by atoms with Gasteiger partial charge in [-0.2, -0.15) is 0 Å². The van der Waals surface area contributed by atoms with Crippen LogP contribution < -0.4 is 10.5 Å². The van der Waals surface area contributed by atoms with E-state index in [0.29, 0.717) is 30.7 Å². The van der Waals surface area contributed by atoms with Crippen molar-refractivity contribution in [3.8, 4) is 5.75 Å². The highest BCUT2D eigenvalue weighted by atomic mass is 16.6. The first-order chi connectivity index (χ1) is 17.5. The Balaban J connectivity index is 1.39. The number of ether oxygens (including phenoxy) is 3. The van der Waals surface area contributed by atoms with Gasteiger partial charge in [0.2, 0.25) is 0 Å². The second-order valence-corrected chi connectivity index (χ2v) is 10.4. The summed E-state index contributed by atoms with van der Waals surface area (Å²) in [6, 6.07) is 2.45. The standard InChI is InChI=1S/C26H32N2O9/c1-13(35-19(30)6-5-16(27)23(31)32)24(33)36-17-7-8-26(34)18-11-14-3-4-15(12-29)21-20(14)25(26,22(17)37-21)9-10-28(18)2/h3-4,7,13,16,18,22,29,34H,5-6,8-12,27H2,1-2H3,(H,31,32)/t13-,16-,18+,22-,25-,26+/m0/s1. The first-order valence-electron chi connectivity index (χ1n) is 12.5. The number of esters is 2. The van der Waals surface area contributed by atoms with Crippen LogP contribution in [-0.4, -0.2) is 81.6 Å². The number of hydrogen-bond acceptors (Lipinski definition) is 10. The highest BCUT2D eigenvalue weighted by Crippen LogP contribution is 2.64. The molecule has 4 aliphatic rings. The van der Waals surface area contributed by atoms with E-state index in [1.54, 1.807) is 6.08 Å². The third-order valence-corrected chi connectivity index (χ3v) is 8.46. The van der Waals surface area contributed by atoms with Crippen LogP contribution in [0.4, 0.5) is 0 Å². The van der Waals surface area contributed by atoms with Crippen LogP contribution in [0.25, 0.3) is 0 Å². The van der Waals surface area contributed by atoms with E-state index in [0.717, 1.165) is 11.1 Å². The molecule has 1 aromatic carbocycles. The summed E-state index contributed by atoms with van der Waals surface area (Å²) in [4.78, 5) is 38.0. The van der Waals surface area contributed by atoms with E-state index >= 15 is 0 Å². The molecular formula is C26H32N2O9. The summed E-state index contributed by atoms with van der Waals surface area (Å²) < 4.78 is 17.3. The van der Waals surface area contributed by atoms with E-state index < -0.39 is 47.2 Å². The van der Waals surface area contributed by atoms with Gasteiger partial charge in [-0.1, -0.05) is 12.1 Å². The molecule has 5 N–H and O–H groups in total. The van der Waals surface area contributed by atoms with Crippen LogP contribution >= 0.6 is 0 Å². The average Bonchev–Trinajstić information content (AvgIpc) is 3.22. The van der Waals surface area contributed by atoms with Crippen LogP contribution in [0.2, 0.25) is 0 Å². The summed E-state index contributed by atoms with van der Waals surface area (Å²) in [5.41, 5.74) is 5.94. The minimum Gasteiger partial charge on any atom is -0.481 e. The van der Waals surface area contributed by atoms with Crippen molar-refractivity contribution in [1.82, 2.24) is 4.90 Å². The van der Waals surface area contributed by atoms with Gasteiger partial charge in [-0.15, -0.1) is 0 Å². The Morgan fingerprint density at radius 2 is 2.08 bits per heavy atom. The van der Waals surface area contributed by atoms with Crippen molar-refractivity contribution in [1.29, 1.82) is 0 Å². The number of carboxylic acid groups (broad SMARTS) is 1. The number of aliphatic carboxylic acids is 1. The monoisotopic (exact) mass is 516 g/mol. The summed E-state index contributed by atoms with van der Waals surface area (Å²) in [6.45, 7) is 1.85. The van der Waals surface area contributed by atoms with Gasteiger partial charge in [-0.3, -0.25) is 9.59 Å². The fourth-order valence-corrected chi connectivity index (χ4v) is 6.53. The predicted octanol–water partition coefficient (Wildman–Crippen LogP) is 0.124. The summed E-state index contributed by atoms with van der Waals surface area (Å²) in [7, 11) is 1.99. The number of aliphatic hydroxyl groups excluding tert-OH is 1. The van der Waals surface area contributed by atoms with Crippen LogP contribution in [0.15, 0.2) is 24.0 Å². The Morgan fingerprint density at radius 1 is 1.32 bits per heavy atom. The molecule has 37 heavy (non-hydrogen) atoms. The second-order valence-electron chi connectivity index (χ2n) is 10.4. The molecule has 11 heteroatoms. The van der Waals surface area contributed by atoms with Gasteiger partial charge in [0.1, 0.15) is 17.6 Å². The van der Waals surface area contributed by atoms with Crippen molar-refractivity contribution < 1.29 is 43.9 Å². The molecule has 0 unspecified atom stereocenters. The van der Waals surface area contributed by atoms with Gasteiger partial charge < -0.3 is 40.2 Å². The molecule has 2 bridgehead atoms. The largest absolute Gasteiger partial charge is 0.481 e. The molecular weight excluding hydrogens is 484 g/mol. The molecule has 0 amide bonds. The molecule has 1 aromatic rings. The summed E-state index contributed by atoms with van der Waals surface area (Å²) in [5, 5.41) is 31.0. The number of carbonyl (C=O) groups is 3. The van der Waals surface area contributed by atoms with Gasteiger partial charge in [0.15, 0.2) is 12.2 Å². The number of carboxylic acids is 1. The van der Waals surface area contributed by atoms with E-state index in [4.69, 9.17) is 25.1 Å². The lowest BCUT2D eigenvalue weighted by molar-refractivity contribution is -0.175. The number of rotatable bonds is 8. The molecule has 11 nitrogen and oxygen atoms in total. The van der Waals surface area contributed by atoms with Crippen LogP contribution in [0.1, 0.15) is 49.3 Å². The van der Waals surface area contributed by atoms with Gasteiger partial charge in [-0.05, 0) is 51.4 Å². The van der Waals surface area contributed by atoms with Crippen molar-refractivity contribution in [3.05, 3.63) is 40.7 Å². The van der Waals surface area contributed by atoms with E-state index in [9.17, 15) is 24.6 Å². The van der Waals surface area contributed by atoms with Gasteiger partial charge in [-0.25, -0.2) is 4.79 Å². The smallest absolute Gasteiger partial charge is 0.352 e. The quantitative estimate of drug-likeness (QED) is 0.346. The summed E-state index contributed by atoms with van der Waals surface area (Å²) in [5.74, 6) is -2.04. The minimum absolute atomic E-state index is 0.124. The molecule has 2 aliphatic carbocycles. The Morgan fingerprint density at radius 3 is 2.78 bits per heavy atom. The fraction of sp³-hybridized carbons (Fsp3) is 0.577. The molecule has 200 valence electrons. The lowest BCUT2D eigenvalue weighted by Gasteiger charge is -2.61. The van der Waals surface area contributed by atoms with Crippen molar-refractivity contribution in [2.24, 2.45) is 5.73 Å². The van der Waals surface area contributed by atoms with Crippen LogP contribution in [0.3, 0.4) is 0 Å². The van der Waals surface area contributed by atoms with Crippen molar-refractivity contribution in [2.45, 2.75) is 80.9 Å². The van der Waals surface area contributed by atoms with E-state index in [-0.39, 0.29) is 37.7 Å². The maximum absolute atomic E-state index is 12.9. The molecule has 0 radical (unpaired) electrons. The Hall–Kier alpha value is -2.99. The number of nitrogens with zero attached hydrogens (tertiary/aromatic N) is 1. The van der Waals surface area contributed by atoms with Crippen molar-refractivity contribution in [2.75, 3.05) is 13.6 Å². The lowest BCUT2D eigenvalue weighted by atomic mass is 9.50. The first-order valence-corrected chi connectivity index (χ1v) is 12.5. The maximum Gasteiger partial charge on any atom is 0.352 e. The molecule has 0 saturated carbocycles. The Bertz CT molecular complexity index is 1180. The number of hydrogen-bond donors (Lipinski definition) is 4. The molecule has 1 spiro atoms. The van der Waals surface area contributed by atoms with E-state index in [1.807, 2.05) is 19.2 Å². The van der Waals surface area contributed by atoms with E-state index in [2.05, 4.69) is 4.90 Å². The lowest BCUT2D eigenvalue weighted by Crippen LogP contribution is -2.74. The molecule has 1 fully saturated rings. The fourth-order valence-electron chi connectivity index (χ4n) is 6.53. The van der Waals surface area contributed by atoms with E-state index in [1.165, 1.54) is 6.92 Å². The minimum atomic E-state index is -1.25. The number of aliphatic hydroxyl groups is 2. The molecule has 0 aromatic heterocycles. The Labute approximate surface area is 213 Å². The number of piperidine rings is 1. The zero-order valence-corrected chi connectivity index (χ0v) is 20.8. The van der Waals surface area contributed by atoms with Gasteiger partial charge >= 0.3 is 17.9 Å². The Kier molecular flexibility index (Phi) is 6.30. The number of carbonyl (C=O) groups excluding carboxylic acids is 2. The number of benzene rings is 1.